The Bertz CT molecular complexity index is 879. The highest BCUT2D eigenvalue weighted by Crippen LogP contribution is 2.67. The van der Waals surface area contributed by atoms with Crippen LogP contribution in [0.4, 0.5) is 0 Å². The van der Waals surface area contributed by atoms with Gasteiger partial charge in [0.15, 0.2) is 5.41 Å². The first-order valence-electron chi connectivity index (χ1n) is 8.25. The first kappa shape index (κ1) is 17.7. The van der Waals surface area contributed by atoms with Crippen molar-refractivity contribution in [3.63, 3.8) is 0 Å². The molecule has 1 N–H and O–H groups in total. The molecular weight excluding hydrogens is 332 g/mol. The van der Waals surface area contributed by atoms with E-state index in [1.54, 1.807) is 31.2 Å². The van der Waals surface area contributed by atoms with Gasteiger partial charge in [0.2, 0.25) is 17.1 Å². The van der Waals surface area contributed by atoms with Crippen LogP contribution in [-0.2, 0) is 9.47 Å². The van der Waals surface area contributed by atoms with Crippen LogP contribution in [-0.4, -0.2) is 18.8 Å². The Morgan fingerprint density at radius 2 is 1.92 bits per heavy atom. The molecule has 0 amide bonds. The molecule has 0 aromatic heterocycles. The molecule has 1 aromatic rings. The molecule has 2 aliphatic rings. The van der Waals surface area contributed by atoms with E-state index in [0.717, 1.165) is 0 Å². The number of nitrogens with zero attached hydrogens (tertiary/aromatic N) is 3. The summed E-state index contributed by atoms with van der Waals surface area (Å²) in [6.07, 6.45) is -0.695. The van der Waals surface area contributed by atoms with Gasteiger partial charge in [-0.2, -0.15) is 15.8 Å². The average Bonchev–Trinajstić information content (AvgIpc) is 2.84. The molecule has 3 rings (SSSR count). The number of nitrogens with one attached hydrogen (secondary N) is 1. The van der Waals surface area contributed by atoms with E-state index in [0.29, 0.717) is 17.7 Å². The lowest BCUT2D eigenvalue weighted by Crippen LogP contribution is -2.58. The summed E-state index contributed by atoms with van der Waals surface area (Å²) in [5.41, 5.74) is -3.13. The number of nitriles is 3. The predicted octanol–water partition coefficient (Wildman–Crippen LogP) is 3.06. The zero-order valence-corrected chi connectivity index (χ0v) is 14.7. The number of benzene rings is 1. The second-order valence-corrected chi connectivity index (χ2v) is 6.54. The second kappa shape index (κ2) is 5.73. The van der Waals surface area contributed by atoms with Crippen molar-refractivity contribution in [1.29, 1.82) is 21.2 Å². The largest absolute Gasteiger partial charge is 0.497 e. The van der Waals surface area contributed by atoms with Crippen LogP contribution in [0.5, 0.6) is 5.75 Å². The van der Waals surface area contributed by atoms with E-state index in [2.05, 4.69) is 6.07 Å². The summed E-state index contributed by atoms with van der Waals surface area (Å²) in [4.78, 5) is 0. The Balaban J connectivity index is 2.32. The summed E-state index contributed by atoms with van der Waals surface area (Å²) >= 11 is 0. The topological polar surface area (TPSA) is 123 Å². The van der Waals surface area contributed by atoms with E-state index >= 15 is 0 Å². The van der Waals surface area contributed by atoms with Gasteiger partial charge in [0.25, 0.3) is 0 Å². The molecule has 2 fully saturated rings. The molecule has 2 bridgehead atoms. The van der Waals surface area contributed by atoms with E-state index in [-0.39, 0.29) is 5.90 Å². The van der Waals surface area contributed by atoms with Crippen LogP contribution in [0, 0.1) is 56.2 Å². The van der Waals surface area contributed by atoms with Crippen LogP contribution in [0.25, 0.3) is 0 Å². The minimum Gasteiger partial charge on any atom is -0.497 e. The lowest BCUT2D eigenvalue weighted by atomic mass is 9.53. The van der Waals surface area contributed by atoms with Crippen LogP contribution in [0.1, 0.15) is 31.9 Å². The molecule has 4 unspecified atom stereocenters. The molecule has 2 heterocycles. The summed E-state index contributed by atoms with van der Waals surface area (Å²) in [6.45, 7) is 3.52. The van der Waals surface area contributed by atoms with Crippen molar-refractivity contribution in [2.24, 2.45) is 16.7 Å². The maximum Gasteiger partial charge on any atom is 0.217 e. The molecule has 7 nitrogen and oxygen atoms in total. The monoisotopic (exact) mass is 350 g/mol. The lowest BCUT2D eigenvalue weighted by Gasteiger charge is -2.48. The number of methoxy groups -OCH3 is 1. The molecule has 2 saturated heterocycles. The number of rotatable bonds is 3. The zero-order valence-electron chi connectivity index (χ0n) is 14.7. The highest BCUT2D eigenvalue weighted by atomic mass is 16.7. The third kappa shape index (κ3) is 1.80. The van der Waals surface area contributed by atoms with Crippen molar-refractivity contribution in [3.8, 4) is 24.0 Å². The van der Waals surface area contributed by atoms with Gasteiger partial charge < -0.3 is 14.2 Å². The standard InChI is InChI=1S/C19H18N4O3/c1-4-19-12(2)18(11-22,16(23)26-19)17(9-20,10-21)15(25-19)13-6-5-7-14(8-13)24-3/h5-8,12,15,23H,4H2,1-3H3. The Kier molecular flexibility index (Phi) is 3.91. The molecule has 2 aliphatic heterocycles. The van der Waals surface area contributed by atoms with Gasteiger partial charge in [-0.1, -0.05) is 26.0 Å². The summed E-state index contributed by atoms with van der Waals surface area (Å²) in [5.74, 6) is -1.74. The molecule has 0 aliphatic carbocycles. The second-order valence-electron chi connectivity index (χ2n) is 6.54. The van der Waals surface area contributed by atoms with E-state index in [4.69, 9.17) is 19.6 Å². The number of fused-ring (bicyclic) bond motifs is 2. The number of hydrogen-bond donors (Lipinski definition) is 1. The molecule has 26 heavy (non-hydrogen) atoms. The summed E-state index contributed by atoms with van der Waals surface area (Å²) in [5, 5.41) is 38.4. The summed E-state index contributed by atoms with van der Waals surface area (Å²) in [7, 11) is 1.51. The third-order valence-corrected chi connectivity index (χ3v) is 5.69. The minimum absolute atomic E-state index is 0.368. The van der Waals surface area contributed by atoms with E-state index < -0.39 is 28.6 Å². The third-order valence-electron chi connectivity index (χ3n) is 5.69. The Hall–Kier alpha value is -3.08. The highest BCUT2D eigenvalue weighted by Gasteiger charge is 2.78. The van der Waals surface area contributed by atoms with Crippen LogP contribution >= 0.6 is 0 Å². The van der Waals surface area contributed by atoms with Crippen LogP contribution in [0.3, 0.4) is 0 Å². The van der Waals surface area contributed by atoms with E-state index in [1.807, 2.05) is 19.1 Å². The van der Waals surface area contributed by atoms with Gasteiger partial charge in [-0.05, 0) is 17.7 Å². The fraction of sp³-hybridized carbons (Fsp3) is 0.474. The molecule has 7 heteroatoms. The van der Waals surface area contributed by atoms with Gasteiger partial charge >= 0.3 is 0 Å². The first-order valence-corrected chi connectivity index (χ1v) is 8.25. The van der Waals surface area contributed by atoms with Crippen molar-refractivity contribution in [2.45, 2.75) is 32.2 Å². The average molecular weight is 350 g/mol. The van der Waals surface area contributed by atoms with Crippen molar-refractivity contribution in [2.75, 3.05) is 7.11 Å². The quantitative estimate of drug-likeness (QED) is 0.893. The highest BCUT2D eigenvalue weighted by molar-refractivity contribution is 5.89. The molecule has 1 aromatic carbocycles. The molecular formula is C19H18N4O3. The van der Waals surface area contributed by atoms with Crippen LogP contribution in [0.2, 0.25) is 0 Å². The Morgan fingerprint density at radius 1 is 1.23 bits per heavy atom. The number of hydrogen-bond acceptors (Lipinski definition) is 7. The van der Waals surface area contributed by atoms with Crippen molar-refractivity contribution in [3.05, 3.63) is 29.8 Å². The lowest BCUT2D eigenvalue weighted by molar-refractivity contribution is -0.280. The molecule has 132 valence electrons. The maximum absolute atomic E-state index is 10.0. The molecule has 4 atom stereocenters. The maximum atomic E-state index is 10.0. The van der Waals surface area contributed by atoms with E-state index in [9.17, 15) is 15.8 Å². The van der Waals surface area contributed by atoms with Crippen molar-refractivity contribution in [1.82, 2.24) is 0 Å². The van der Waals surface area contributed by atoms with Gasteiger partial charge in [-0.15, -0.1) is 0 Å². The number of ether oxygens (including phenoxy) is 3. The van der Waals surface area contributed by atoms with Gasteiger partial charge in [0.05, 0.1) is 31.2 Å². The smallest absolute Gasteiger partial charge is 0.217 e. The van der Waals surface area contributed by atoms with E-state index in [1.165, 1.54) is 7.11 Å². The Morgan fingerprint density at radius 3 is 2.46 bits per heavy atom. The van der Waals surface area contributed by atoms with Gasteiger partial charge in [0, 0.05) is 6.42 Å². The first-order chi connectivity index (χ1) is 12.4. The molecule has 0 radical (unpaired) electrons. The normalized spacial score (nSPS) is 34.1. The fourth-order valence-corrected chi connectivity index (χ4v) is 4.15. The minimum atomic E-state index is -1.93. The Labute approximate surface area is 151 Å². The molecule has 0 saturated carbocycles. The van der Waals surface area contributed by atoms with Crippen LogP contribution in [0.15, 0.2) is 24.3 Å². The van der Waals surface area contributed by atoms with Gasteiger partial charge in [-0.3, -0.25) is 5.41 Å². The van der Waals surface area contributed by atoms with Crippen molar-refractivity contribution < 1.29 is 14.2 Å². The van der Waals surface area contributed by atoms with Crippen LogP contribution < -0.4 is 4.74 Å². The van der Waals surface area contributed by atoms with Gasteiger partial charge in [0.1, 0.15) is 11.9 Å². The predicted molar refractivity (Wildman–Crippen MR) is 89.5 cm³/mol. The summed E-state index contributed by atoms with van der Waals surface area (Å²) in [6, 6.07) is 12.9. The zero-order chi connectivity index (χ0) is 19.2. The fourth-order valence-electron chi connectivity index (χ4n) is 4.15. The summed E-state index contributed by atoms with van der Waals surface area (Å²) < 4.78 is 17.1. The SMILES string of the molecule is CCC12OC(=N)C(C#N)(C1C)C(C#N)(C#N)C(c1cccc(OC)c1)O2. The molecule has 0 spiro atoms. The van der Waals surface area contributed by atoms with Gasteiger partial charge in [-0.25, -0.2) is 0 Å². The van der Waals surface area contributed by atoms with Crippen molar-refractivity contribution >= 4 is 5.90 Å².